The Bertz CT molecular complexity index is 1170. The van der Waals surface area contributed by atoms with Crippen LogP contribution in [-0.4, -0.2) is 52.5 Å². The van der Waals surface area contributed by atoms with E-state index >= 15 is 0 Å². The van der Waals surface area contributed by atoms with Crippen LogP contribution in [0.4, 0.5) is 10.6 Å². The highest BCUT2D eigenvalue weighted by Crippen LogP contribution is 2.44. The Labute approximate surface area is 200 Å². The number of carbonyl (C=O) groups excluding carboxylic acids is 1. The maximum atomic E-state index is 12.4. The minimum absolute atomic E-state index is 0.247. The van der Waals surface area contributed by atoms with Crippen molar-refractivity contribution in [2.45, 2.75) is 58.5 Å². The van der Waals surface area contributed by atoms with E-state index in [4.69, 9.17) is 15.3 Å². The van der Waals surface area contributed by atoms with Crippen molar-refractivity contribution in [3.63, 3.8) is 0 Å². The molecule has 1 amide bonds. The molecule has 4 rings (SSSR count). The fourth-order valence-electron chi connectivity index (χ4n) is 4.67. The molecule has 0 spiro atoms. The lowest BCUT2D eigenvalue weighted by molar-refractivity contribution is 0.0237. The van der Waals surface area contributed by atoms with Crippen LogP contribution < -0.4 is 5.73 Å². The smallest absolute Gasteiger partial charge is 0.410 e. The Balaban J connectivity index is 1.63. The highest BCUT2D eigenvalue weighted by molar-refractivity contribution is 6.15. The van der Waals surface area contributed by atoms with E-state index in [1.165, 1.54) is 11.9 Å². The summed E-state index contributed by atoms with van der Waals surface area (Å²) in [7, 11) is 1.55. The summed E-state index contributed by atoms with van der Waals surface area (Å²) in [4.78, 5) is 28.1. The van der Waals surface area contributed by atoms with Crippen LogP contribution in [0.15, 0.2) is 35.3 Å². The van der Waals surface area contributed by atoms with Gasteiger partial charge in [-0.1, -0.05) is 28.9 Å². The predicted molar refractivity (Wildman–Crippen MR) is 133 cm³/mol. The molecule has 0 saturated carbocycles. The van der Waals surface area contributed by atoms with Gasteiger partial charge in [-0.05, 0) is 59.1 Å². The maximum absolute atomic E-state index is 12.4. The highest BCUT2D eigenvalue weighted by atomic mass is 16.6. The number of fused-ring (bicyclic) bond motifs is 3. The van der Waals surface area contributed by atoms with Gasteiger partial charge < -0.3 is 20.2 Å². The Morgan fingerprint density at radius 1 is 1.18 bits per heavy atom. The first kappa shape index (κ1) is 23.7. The summed E-state index contributed by atoms with van der Waals surface area (Å²) in [5.41, 5.74) is 12.0. The molecule has 0 atom stereocenters. The maximum Gasteiger partial charge on any atom is 0.410 e. The van der Waals surface area contributed by atoms with Crippen LogP contribution in [0.5, 0.6) is 0 Å². The largest absolute Gasteiger partial charge is 0.444 e. The van der Waals surface area contributed by atoms with Gasteiger partial charge >= 0.3 is 6.09 Å². The zero-order chi connectivity index (χ0) is 24.7. The average Bonchev–Trinajstić information content (AvgIpc) is 2.75. The van der Waals surface area contributed by atoms with Gasteiger partial charge in [-0.25, -0.2) is 14.8 Å². The fraction of sp³-hybridized carbons (Fsp3) is 0.462. The second-order valence-corrected chi connectivity index (χ2v) is 10.3. The van der Waals surface area contributed by atoms with Crippen molar-refractivity contribution in [2.75, 3.05) is 25.9 Å². The van der Waals surface area contributed by atoms with E-state index < -0.39 is 11.0 Å². The molecule has 0 unspecified atom stereocenters. The number of rotatable bonds is 2. The van der Waals surface area contributed by atoms with Gasteiger partial charge in [0.15, 0.2) is 0 Å². The molecule has 1 saturated heterocycles. The van der Waals surface area contributed by atoms with Crippen molar-refractivity contribution in [2.24, 2.45) is 5.16 Å². The quantitative estimate of drug-likeness (QED) is 0.643. The summed E-state index contributed by atoms with van der Waals surface area (Å²) in [5.74, 6) is 0.451. The SMILES string of the molecule is CON=C1c2cc(C=C3CCN(C(=O)OC(C)(C)C)CC3)ccc2-c2ncnc(N)c2C1(C)C. The molecule has 8 heteroatoms. The summed E-state index contributed by atoms with van der Waals surface area (Å²) in [6, 6.07) is 6.27. The molecule has 1 aromatic heterocycles. The number of ether oxygens (including phenoxy) is 1. The average molecular weight is 464 g/mol. The zero-order valence-electron chi connectivity index (χ0n) is 20.8. The van der Waals surface area contributed by atoms with E-state index in [-0.39, 0.29) is 6.09 Å². The number of oxime groups is 1. The molecule has 2 aliphatic rings. The summed E-state index contributed by atoms with van der Waals surface area (Å²) >= 11 is 0. The minimum Gasteiger partial charge on any atom is -0.444 e. The summed E-state index contributed by atoms with van der Waals surface area (Å²) < 4.78 is 5.51. The van der Waals surface area contributed by atoms with Crippen LogP contribution in [0.2, 0.25) is 0 Å². The van der Waals surface area contributed by atoms with Crippen molar-refractivity contribution >= 4 is 23.7 Å². The Morgan fingerprint density at radius 2 is 1.88 bits per heavy atom. The standard InChI is InChI=1S/C26H33N5O3/c1-25(2,3)34-24(32)31-11-9-16(10-12-31)13-17-7-8-18-19(14-17)22(30-33-6)26(4,5)20-21(18)28-15-29-23(20)27/h7-8,13-15H,9-12H2,1-6H3,(H2,27,28,29). The van der Waals surface area contributed by atoms with E-state index in [1.807, 2.05) is 20.8 Å². The van der Waals surface area contributed by atoms with Crippen LogP contribution in [-0.2, 0) is 15.0 Å². The summed E-state index contributed by atoms with van der Waals surface area (Å²) in [5, 5.41) is 4.39. The number of hydrogen-bond donors (Lipinski definition) is 1. The number of benzene rings is 1. The number of likely N-dealkylation sites (tertiary alicyclic amines) is 1. The van der Waals surface area contributed by atoms with Gasteiger partial charge in [-0.2, -0.15) is 0 Å². The van der Waals surface area contributed by atoms with Gasteiger partial charge in [-0.15, -0.1) is 0 Å². The monoisotopic (exact) mass is 463 g/mol. The van der Waals surface area contributed by atoms with Crippen LogP contribution in [0.25, 0.3) is 17.3 Å². The molecule has 0 radical (unpaired) electrons. The van der Waals surface area contributed by atoms with Crippen LogP contribution in [0.1, 0.15) is 64.2 Å². The number of carbonyl (C=O) groups is 1. The first-order chi connectivity index (χ1) is 16.0. The molecule has 1 aromatic carbocycles. The van der Waals surface area contributed by atoms with Crippen LogP contribution >= 0.6 is 0 Å². The van der Waals surface area contributed by atoms with Gasteiger partial charge in [0.05, 0.1) is 11.4 Å². The number of nitrogens with zero attached hydrogens (tertiary/aromatic N) is 4. The molecule has 2 aromatic rings. The van der Waals surface area contributed by atoms with Crippen molar-refractivity contribution in [3.05, 3.63) is 46.8 Å². The number of piperidine rings is 1. The van der Waals surface area contributed by atoms with Crippen molar-refractivity contribution in [1.82, 2.24) is 14.9 Å². The number of anilines is 1. The van der Waals surface area contributed by atoms with E-state index in [0.717, 1.165) is 46.5 Å². The second kappa shape index (κ2) is 8.74. The second-order valence-electron chi connectivity index (χ2n) is 10.3. The molecule has 1 aliphatic heterocycles. The molecule has 2 heterocycles. The molecule has 1 aliphatic carbocycles. The Kier molecular flexibility index (Phi) is 6.10. The van der Waals surface area contributed by atoms with E-state index in [2.05, 4.69) is 53.2 Å². The number of nitrogen functional groups attached to an aromatic ring is 1. The molecule has 34 heavy (non-hydrogen) atoms. The Hall–Kier alpha value is -3.42. The topological polar surface area (TPSA) is 103 Å². The third-order valence-corrected chi connectivity index (χ3v) is 6.26. The lowest BCUT2D eigenvalue weighted by Gasteiger charge is -2.34. The lowest BCUT2D eigenvalue weighted by atomic mass is 9.70. The van der Waals surface area contributed by atoms with Crippen LogP contribution in [0.3, 0.4) is 0 Å². The van der Waals surface area contributed by atoms with Gasteiger partial charge in [0.1, 0.15) is 24.9 Å². The summed E-state index contributed by atoms with van der Waals surface area (Å²) in [6.45, 7) is 11.1. The highest BCUT2D eigenvalue weighted by Gasteiger charge is 2.40. The van der Waals surface area contributed by atoms with E-state index in [9.17, 15) is 4.79 Å². The van der Waals surface area contributed by atoms with E-state index in [1.54, 1.807) is 12.0 Å². The molecule has 180 valence electrons. The van der Waals surface area contributed by atoms with Gasteiger partial charge in [0.2, 0.25) is 0 Å². The molecule has 1 fully saturated rings. The molecule has 8 nitrogen and oxygen atoms in total. The number of nitrogens with two attached hydrogens (primary N) is 1. The summed E-state index contributed by atoms with van der Waals surface area (Å²) in [6.07, 6.45) is 5.08. The first-order valence-corrected chi connectivity index (χ1v) is 11.6. The third kappa shape index (κ3) is 4.49. The van der Waals surface area contributed by atoms with Crippen LogP contribution in [0, 0.1) is 0 Å². The van der Waals surface area contributed by atoms with Gasteiger partial charge in [0, 0.05) is 35.2 Å². The zero-order valence-corrected chi connectivity index (χ0v) is 20.8. The molecular formula is C26H33N5O3. The number of hydrogen-bond acceptors (Lipinski definition) is 7. The van der Waals surface area contributed by atoms with Gasteiger partial charge in [0.25, 0.3) is 0 Å². The third-order valence-electron chi connectivity index (χ3n) is 6.26. The number of amides is 1. The first-order valence-electron chi connectivity index (χ1n) is 11.6. The minimum atomic E-state index is -0.520. The number of aromatic nitrogens is 2. The molecule has 0 bridgehead atoms. The normalized spacial score (nSPS) is 18.2. The van der Waals surface area contributed by atoms with Crippen molar-refractivity contribution in [1.29, 1.82) is 0 Å². The predicted octanol–water partition coefficient (Wildman–Crippen LogP) is 4.78. The van der Waals surface area contributed by atoms with E-state index in [0.29, 0.717) is 18.9 Å². The Morgan fingerprint density at radius 3 is 2.53 bits per heavy atom. The molecule has 2 N–H and O–H groups in total. The lowest BCUT2D eigenvalue weighted by Crippen LogP contribution is -2.40. The molecular weight excluding hydrogens is 430 g/mol. The van der Waals surface area contributed by atoms with Gasteiger partial charge in [-0.3, -0.25) is 0 Å². The van der Waals surface area contributed by atoms with Crippen molar-refractivity contribution in [3.8, 4) is 11.3 Å². The fourth-order valence-corrected chi connectivity index (χ4v) is 4.67. The van der Waals surface area contributed by atoms with Crippen molar-refractivity contribution < 1.29 is 14.4 Å².